The lowest BCUT2D eigenvalue weighted by Crippen LogP contribution is -2.52. The van der Waals surface area contributed by atoms with Crippen molar-refractivity contribution < 1.29 is 22.7 Å². The molecule has 138 valence electrons. The van der Waals surface area contributed by atoms with Crippen LogP contribution < -0.4 is 0 Å². The van der Waals surface area contributed by atoms with Gasteiger partial charge in [0.15, 0.2) is 0 Å². The second-order valence-corrected chi connectivity index (χ2v) is 7.69. The number of sulfonamides is 1. The van der Waals surface area contributed by atoms with Crippen molar-refractivity contribution in [1.82, 2.24) is 14.1 Å². The number of carbonyl (C=O) groups excluding carboxylic acids is 2. The van der Waals surface area contributed by atoms with Crippen LogP contribution in [0.2, 0.25) is 0 Å². The lowest BCUT2D eigenvalue weighted by atomic mass is 10.3. The highest BCUT2D eigenvalue weighted by atomic mass is 32.2. The fourth-order valence-electron chi connectivity index (χ4n) is 2.50. The van der Waals surface area contributed by atoms with Crippen molar-refractivity contribution in [3.8, 4) is 0 Å². The summed E-state index contributed by atoms with van der Waals surface area (Å²) >= 11 is 0. The van der Waals surface area contributed by atoms with Crippen molar-refractivity contribution in [3.63, 3.8) is 0 Å². The van der Waals surface area contributed by atoms with Crippen LogP contribution in [0, 0.1) is 0 Å². The monoisotopic (exact) mass is 369 g/mol. The van der Waals surface area contributed by atoms with E-state index >= 15 is 0 Å². The molecule has 0 spiro atoms. The highest BCUT2D eigenvalue weighted by Gasteiger charge is 2.28. The number of rotatable bonds is 5. The second-order valence-electron chi connectivity index (χ2n) is 5.64. The molecule has 1 aliphatic heterocycles. The van der Waals surface area contributed by atoms with Crippen LogP contribution in [-0.2, 0) is 19.6 Å². The molecule has 1 aliphatic rings. The molecule has 1 fully saturated rings. The Labute approximate surface area is 148 Å². The molecule has 9 heteroatoms. The van der Waals surface area contributed by atoms with E-state index in [2.05, 4.69) is 0 Å². The molecular weight excluding hydrogens is 346 g/mol. The summed E-state index contributed by atoms with van der Waals surface area (Å²) in [5.74, 6) is -0.287. The Balaban J connectivity index is 1.91. The predicted octanol–water partition coefficient (Wildman–Crippen LogP) is 0.608. The van der Waals surface area contributed by atoms with Gasteiger partial charge in [0, 0.05) is 33.2 Å². The topological polar surface area (TPSA) is 87.2 Å². The average Bonchev–Trinajstić information content (AvgIpc) is 2.62. The molecule has 1 aromatic rings. The van der Waals surface area contributed by atoms with E-state index in [9.17, 15) is 18.0 Å². The Morgan fingerprint density at radius 2 is 1.64 bits per heavy atom. The number of ether oxygens (including phenoxy) is 1. The largest absolute Gasteiger partial charge is 0.450 e. The van der Waals surface area contributed by atoms with Crippen LogP contribution in [0.3, 0.4) is 0 Å². The maximum absolute atomic E-state index is 12.4. The van der Waals surface area contributed by atoms with Gasteiger partial charge in [0.2, 0.25) is 15.9 Å². The molecule has 0 aliphatic carbocycles. The lowest BCUT2D eigenvalue weighted by Gasteiger charge is -2.34. The molecule has 2 amide bonds. The van der Waals surface area contributed by atoms with Gasteiger partial charge in [-0.2, -0.15) is 4.31 Å². The molecule has 0 N–H and O–H groups in total. The SMILES string of the molecule is CCOC(=O)N1CCN(C(=O)CN(C)S(=O)(=O)c2ccccc2)CC1. The smallest absolute Gasteiger partial charge is 0.409 e. The molecule has 0 aromatic heterocycles. The molecule has 0 bridgehead atoms. The van der Waals surface area contributed by atoms with Gasteiger partial charge in [0.05, 0.1) is 18.0 Å². The Morgan fingerprint density at radius 1 is 1.08 bits per heavy atom. The molecule has 25 heavy (non-hydrogen) atoms. The van der Waals surface area contributed by atoms with Crippen molar-refractivity contribution >= 4 is 22.0 Å². The van der Waals surface area contributed by atoms with Crippen LogP contribution >= 0.6 is 0 Å². The maximum Gasteiger partial charge on any atom is 0.409 e. The molecule has 0 radical (unpaired) electrons. The van der Waals surface area contributed by atoms with Gasteiger partial charge in [0.1, 0.15) is 0 Å². The van der Waals surface area contributed by atoms with E-state index in [1.807, 2.05) is 0 Å². The van der Waals surface area contributed by atoms with Gasteiger partial charge in [0.25, 0.3) is 0 Å². The summed E-state index contributed by atoms with van der Waals surface area (Å²) in [7, 11) is -2.32. The van der Waals surface area contributed by atoms with Gasteiger partial charge in [-0.05, 0) is 19.1 Å². The third kappa shape index (κ3) is 4.70. The van der Waals surface area contributed by atoms with Crippen LogP contribution in [0.4, 0.5) is 4.79 Å². The minimum absolute atomic E-state index is 0.150. The van der Waals surface area contributed by atoms with Crippen molar-refractivity contribution in [2.24, 2.45) is 0 Å². The summed E-state index contributed by atoms with van der Waals surface area (Å²) in [5.41, 5.74) is 0. The van der Waals surface area contributed by atoms with E-state index in [0.717, 1.165) is 4.31 Å². The van der Waals surface area contributed by atoms with Crippen LogP contribution in [0.5, 0.6) is 0 Å². The fourth-order valence-corrected chi connectivity index (χ4v) is 3.64. The zero-order chi connectivity index (χ0) is 18.4. The van der Waals surface area contributed by atoms with E-state index in [1.54, 1.807) is 30.0 Å². The van der Waals surface area contributed by atoms with Crippen LogP contribution in [0.1, 0.15) is 6.92 Å². The molecule has 1 heterocycles. The van der Waals surface area contributed by atoms with Gasteiger partial charge in [-0.3, -0.25) is 4.79 Å². The summed E-state index contributed by atoms with van der Waals surface area (Å²) in [4.78, 5) is 27.3. The van der Waals surface area contributed by atoms with E-state index in [4.69, 9.17) is 4.74 Å². The molecule has 1 aromatic carbocycles. The van der Waals surface area contributed by atoms with Gasteiger partial charge in [-0.25, -0.2) is 13.2 Å². The predicted molar refractivity (Wildman–Crippen MR) is 91.4 cm³/mol. The standard InChI is InChI=1S/C16H23N3O5S/c1-3-24-16(21)19-11-9-18(10-12-19)15(20)13-17(2)25(22,23)14-7-5-4-6-8-14/h4-8H,3,9-13H2,1-2H3. The molecule has 8 nitrogen and oxygen atoms in total. The maximum atomic E-state index is 12.4. The molecular formula is C16H23N3O5S. The van der Waals surface area contributed by atoms with Crippen molar-refractivity contribution in [2.75, 3.05) is 46.4 Å². The third-order valence-corrected chi connectivity index (χ3v) is 5.79. The summed E-state index contributed by atoms with van der Waals surface area (Å²) in [6.07, 6.45) is -0.390. The van der Waals surface area contributed by atoms with Gasteiger partial charge in [-0.1, -0.05) is 18.2 Å². The summed E-state index contributed by atoms with van der Waals surface area (Å²) in [5, 5.41) is 0. The number of piperazine rings is 1. The quantitative estimate of drug-likeness (QED) is 0.759. The van der Waals surface area contributed by atoms with Crippen molar-refractivity contribution in [3.05, 3.63) is 30.3 Å². The Bertz CT molecular complexity index is 700. The van der Waals surface area contributed by atoms with Gasteiger partial charge in [-0.15, -0.1) is 0 Å². The number of hydrogen-bond acceptors (Lipinski definition) is 5. The summed E-state index contributed by atoms with van der Waals surface area (Å²) in [6, 6.07) is 7.99. The average molecular weight is 369 g/mol. The fraction of sp³-hybridized carbons (Fsp3) is 0.500. The number of carbonyl (C=O) groups is 2. The van der Waals surface area contributed by atoms with Crippen LogP contribution in [-0.4, -0.2) is 80.9 Å². The lowest BCUT2D eigenvalue weighted by molar-refractivity contribution is -0.132. The number of benzene rings is 1. The first kappa shape index (κ1) is 19.2. The summed E-state index contributed by atoms with van der Waals surface area (Å²) in [6.45, 7) is 3.27. The van der Waals surface area contributed by atoms with Gasteiger partial charge >= 0.3 is 6.09 Å². The van der Waals surface area contributed by atoms with Crippen LogP contribution in [0.25, 0.3) is 0 Å². The van der Waals surface area contributed by atoms with Gasteiger partial charge < -0.3 is 14.5 Å². The number of likely N-dealkylation sites (N-methyl/N-ethyl adjacent to an activating group) is 1. The zero-order valence-electron chi connectivity index (χ0n) is 14.4. The number of amides is 2. The van der Waals surface area contributed by atoms with Crippen molar-refractivity contribution in [2.45, 2.75) is 11.8 Å². The third-order valence-electron chi connectivity index (χ3n) is 3.97. The van der Waals surface area contributed by atoms with E-state index in [0.29, 0.717) is 32.8 Å². The van der Waals surface area contributed by atoms with E-state index in [-0.39, 0.29) is 17.3 Å². The highest BCUT2D eigenvalue weighted by molar-refractivity contribution is 7.89. The van der Waals surface area contributed by atoms with Crippen LogP contribution in [0.15, 0.2) is 35.2 Å². The zero-order valence-corrected chi connectivity index (χ0v) is 15.2. The Kier molecular flexibility index (Phi) is 6.38. The summed E-state index contributed by atoms with van der Waals surface area (Å²) < 4.78 is 30.9. The minimum Gasteiger partial charge on any atom is -0.450 e. The normalized spacial score (nSPS) is 15.3. The Hall–Kier alpha value is -2.13. The number of hydrogen-bond donors (Lipinski definition) is 0. The first-order valence-corrected chi connectivity index (χ1v) is 9.51. The molecule has 2 rings (SSSR count). The van der Waals surface area contributed by atoms with Crippen molar-refractivity contribution in [1.29, 1.82) is 0 Å². The first-order valence-electron chi connectivity index (χ1n) is 8.07. The molecule has 0 atom stereocenters. The highest BCUT2D eigenvalue weighted by Crippen LogP contribution is 2.14. The molecule has 0 unspecified atom stereocenters. The second kappa shape index (κ2) is 8.30. The minimum atomic E-state index is -3.70. The first-order chi connectivity index (χ1) is 11.9. The molecule has 1 saturated heterocycles. The Morgan fingerprint density at radius 3 is 2.20 bits per heavy atom. The van der Waals surface area contributed by atoms with E-state index in [1.165, 1.54) is 24.1 Å². The number of nitrogens with zero attached hydrogens (tertiary/aromatic N) is 3. The van der Waals surface area contributed by atoms with E-state index < -0.39 is 16.1 Å². The molecule has 0 saturated carbocycles.